The van der Waals surface area contributed by atoms with E-state index in [2.05, 4.69) is 41.1 Å². The van der Waals surface area contributed by atoms with Gasteiger partial charge in [-0.05, 0) is 19.8 Å². The first-order chi connectivity index (χ1) is 9.06. The molecule has 19 heavy (non-hydrogen) atoms. The zero-order valence-corrected chi connectivity index (χ0v) is 12.6. The van der Waals surface area contributed by atoms with Crippen LogP contribution >= 0.6 is 0 Å². The molecule has 0 amide bonds. The lowest BCUT2D eigenvalue weighted by Gasteiger charge is -2.46. The number of hydrogen-bond donors (Lipinski definition) is 1. The number of nitrogens with one attached hydrogen (secondary N) is 1. The fourth-order valence-electron chi connectivity index (χ4n) is 2.71. The lowest BCUT2D eigenvalue weighted by Crippen LogP contribution is -2.62. The van der Waals surface area contributed by atoms with E-state index in [9.17, 15) is 0 Å². The summed E-state index contributed by atoms with van der Waals surface area (Å²) in [7, 11) is 0. The first-order valence-electron chi connectivity index (χ1n) is 7.34. The summed E-state index contributed by atoms with van der Waals surface area (Å²) < 4.78 is 5.03. The van der Waals surface area contributed by atoms with Gasteiger partial charge in [0, 0.05) is 44.6 Å². The molecular formula is C14H26N4O. The molecule has 1 aromatic heterocycles. The molecule has 2 atom stereocenters. The molecule has 1 aliphatic rings. The highest BCUT2D eigenvalue weighted by atomic mass is 16.5. The molecule has 0 bridgehead atoms. The van der Waals surface area contributed by atoms with E-state index in [1.807, 2.05) is 6.92 Å². The Morgan fingerprint density at radius 2 is 2.26 bits per heavy atom. The van der Waals surface area contributed by atoms with E-state index in [1.54, 1.807) is 0 Å². The van der Waals surface area contributed by atoms with Crippen molar-refractivity contribution >= 4 is 0 Å². The topological polar surface area (TPSA) is 54.2 Å². The van der Waals surface area contributed by atoms with Crippen molar-refractivity contribution in [2.24, 2.45) is 0 Å². The van der Waals surface area contributed by atoms with E-state index in [4.69, 9.17) is 4.52 Å². The van der Waals surface area contributed by atoms with Gasteiger partial charge in [-0.2, -0.15) is 4.98 Å². The lowest BCUT2D eigenvalue weighted by atomic mass is 9.92. The maximum atomic E-state index is 5.03. The van der Waals surface area contributed by atoms with Crippen LogP contribution in [0.5, 0.6) is 0 Å². The summed E-state index contributed by atoms with van der Waals surface area (Å²) in [5.41, 5.74) is 0.235. The van der Waals surface area contributed by atoms with Crippen molar-refractivity contribution in [1.82, 2.24) is 20.4 Å². The first-order valence-corrected chi connectivity index (χ1v) is 7.34. The van der Waals surface area contributed by atoms with Gasteiger partial charge in [-0.3, -0.25) is 4.90 Å². The number of aromatic nitrogens is 2. The monoisotopic (exact) mass is 266 g/mol. The van der Waals surface area contributed by atoms with Gasteiger partial charge in [-0.1, -0.05) is 19.0 Å². The van der Waals surface area contributed by atoms with Crippen LogP contribution in [0.15, 0.2) is 4.52 Å². The van der Waals surface area contributed by atoms with Gasteiger partial charge < -0.3 is 9.84 Å². The van der Waals surface area contributed by atoms with Crippen molar-refractivity contribution in [3.8, 4) is 0 Å². The van der Waals surface area contributed by atoms with E-state index < -0.39 is 0 Å². The predicted molar refractivity (Wildman–Crippen MR) is 75.1 cm³/mol. The fourth-order valence-corrected chi connectivity index (χ4v) is 2.71. The second-order valence-electron chi connectivity index (χ2n) is 5.81. The summed E-state index contributed by atoms with van der Waals surface area (Å²) in [5.74, 6) is 1.48. The summed E-state index contributed by atoms with van der Waals surface area (Å²) in [4.78, 5) is 6.86. The number of piperazine rings is 1. The molecule has 0 aromatic carbocycles. The van der Waals surface area contributed by atoms with Gasteiger partial charge in [0.05, 0.1) is 0 Å². The Morgan fingerprint density at radius 1 is 1.47 bits per heavy atom. The van der Waals surface area contributed by atoms with Crippen molar-refractivity contribution in [2.45, 2.75) is 58.5 Å². The minimum absolute atomic E-state index is 0.235. The second-order valence-corrected chi connectivity index (χ2v) is 5.81. The summed E-state index contributed by atoms with van der Waals surface area (Å²) in [6, 6.07) is 0.618. The SMILES string of the molecule is CCC1CNC(C)(CC)CN1CCc1noc(C)n1. The summed E-state index contributed by atoms with van der Waals surface area (Å²) in [5, 5.41) is 7.67. The molecule has 1 saturated heterocycles. The Labute approximate surface area is 115 Å². The molecule has 5 nitrogen and oxygen atoms in total. The van der Waals surface area contributed by atoms with Crippen LogP contribution in [0.4, 0.5) is 0 Å². The molecule has 5 heteroatoms. The zero-order chi connectivity index (χ0) is 13.9. The van der Waals surface area contributed by atoms with Gasteiger partial charge in [0.1, 0.15) is 0 Å². The Hall–Kier alpha value is -0.940. The van der Waals surface area contributed by atoms with Crippen LogP contribution in [0.25, 0.3) is 0 Å². The minimum Gasteiger partial charge on any atom is -0.340 e. The molecular weight excluding hydrogens is 240 g/mol. The van der Waals surface area contributed by atoms with Crippen molar-refractivity contribution in [3.05, 3.63) is 11.7 Å². The molecule has 2 unspecified atom stereocenters. The Kier molecular flexibility index (Phi) is 4.58. The van der Waals surface area contributed by atoms with E-state index >= 15 is 0 Å². The molecule has 0 aliphatic carbocycles. The summed E-state index contributed by atoms with van der Waals surface area (Å²) in [6.45, 7) is 11.8. The smallest absolute Gasteiger partial charge is 0.223 e. The van der Waals surface area contributed by atoms with Crippen molar-refractivity contribution in [3.63, 3.8) is 0 Å². The minimum atomic E-state index is 0.235. The Morgan fingerprint density at radius 3 is 2.84 bits per heavy atom. The van der Waals surface area contributed by atoms with E-state index in [0.29, 0.717) is 11.9 Å². The average molecular weight is 266 g/mol. The van der Waals surface area contributed by atoms with Crippen LogP contribution in [0.3, 0.4) is 0 Å². The van der Waals surface area contributed by atoms with Crippen LogP contribution in [-0.2, 0) is 6.42 Å². The van der Waals surface area contributed by atoms with Crippen molar-refractivity contribution in [1.29, 1.82) is 0 Å². The van der Waals surface area contributed by atoms with Crippen LogP contribution in [-0.4, -0.2) is 46.3 Å². The molecule has 0 saturated carbocycles. The summed E-state index contributed by atoms with van der Waals surface area (Å²) >= 11 is 0. The van der Waals surface area contributed by atoms with Crippen LogP contribution in [0, 0.1) is 6.92 Å². The fraction of sp³-hybridized carbons (Fsp3) is 0.857. The van der Waals surface area contributed by atoms with E-state index in [0.717, 1.165) is 38.3 Å². The van der Waals surface area contributed by atoms with E-state index in [-0.39, 0.29) is 5.54 Å². The highest BCUT2D eigenvalue weighted by molar-refractivity contribution is 4.95. The van der Waals surface area contributed by atoms with Gasteiger partial charge in [0.15, 0.2) is 5.82 Å². The largest absolute Gasteiger partial charge is 0.340 e. The van der Waals surface area contributed by atoms with Crippen LogP contribution < -0.4 is 5.32 Å². The van der Waals surface area contributed by atoms with Gasteiger partial charge in [0.2, 0.25) is 5.89 Å². The molecule has 108 valence electrons. The molecule has 1 fully saturated rings. The Bertz CT molecular complexity index is 406. The maximum absolute atomic E-state index is 5.03. The predicted octanol–water partition coefficient (Wildman–Crippen LogP) is 1.77. The first kappa shape index (κ1) is 14.5. The van der Waals surface area contributed by atoms with Gasteiger partial charge >= 0.3 is 0 Å². The highest BCUT2D eigenvalue weighted by Crippen LogP contribution is 2.20. The van der Waals surface area contributed by atoms with Crippen LogP contribution in [0.1, 0.15) is 45.3 Å². The third-order valence-corrected chi connectivity index (χ3v) is 4.28. The standard InChI is InChI=1S/C14H26N4O/c1-5-12-9-15-14(4,6-2)10-18(12)8-7-13-16-11(3)19-17-13/h12,15H,5-10H2,1-4H3. The van der Waals surface area contributed by atoms with Gasteiger partial charge in [-0.15, -0.1) is 0 Å². The molecule has 2 heterocycles. The second kappa shape index (κ2) is 6.01. The molecule has 1 aromatic rings. The zero-order valence-electron chi connectivity index (χ0n) is 12.6. The highest BCUT2D eigenvalue weighted by Gasteiger charge is 2.33. The normalized spacial score (nSPS) is 28.7. The number of rotatable bonds is 5. The lowest BCUT2D eigenvalue weighted by molar-refractivity contribution is 0.0826. The third kappa shape index (κ3) is 3.54. The molecule has 2 rings (SSSR count). The third-order valence-electron chi connectivity index (χ3n) is 4.28. The van der Waals surface area contributed by atoms with Gasteiger partial charge in [0.25, 0.3) is 0 Å². The van der Waals surface area contributed by atoms with E-state index in [1.165, 1.54) is 6.42 Å². The quantitative estimate of drug-likeness (QED) is 0.880. The van der Waals surface area contributed by atoms with Crippen molar-refractivity contribution in [2.75, 3.05) is 19.6 Å². The molecule has 0 spiro atoms. The number of hydrogen-bond acceptors (Lipinski definition) is 5. The Balaban J connectivity index is 1.94. The molecule has 1 aliphatic heterocycles. The molecule has 1 N–H and O–H groups in total. The number of nitrogens with zero attached hydrogens (tertiary/aromatic N) is 3. The van der Waals surface area contributed by atoms with Crippen molar-refractivity contribution < 1.29 is 4.52 Å². The summed E-state index contributed by atoms with van der Waals surface area (Å²) in [6.07, 6.45) is 3.20. The van der Waals surface area contributed by atoms with Crippen LogP contribution in [0.2, 0.25) is 0 Å². The van der Waals surface area contributed by atoms with Gasteiger partial charge in [-0.25, -0.2) is 0 Å². The average Bonchev–Trinajstić information content (AvgIpc) is 2.82. The maximum Gasteiger partial charge on any atom is 0.223 e. The number of aryl methyl sites for hydroxylation is 1. The molecule has 0 radical (unpaired) electrons.